The van der Waals surface area contributed by atoms with Gasteiger partial charge < -0.3 is 25.0 Å². The van der Waals surface area contributed by atoms with Gasteiger partial charge in [0.15, 0.2) is 5.96 Å². The minimum Gasteiger partial charge on any atom is -0.494 e. The highest BCUT2D eigenvalue weighted by Gasteiger charge is 2.21. The molecule has 0 saturated heterocycles. The lowest BCUT2D eigenvalue weighted by Gasteiger charge is -2.16. The number of fused-ring (bicyclic) bond motifs is 1. The fourth-order valence-electron chi connectivity index (χ4n) is 2.79. The molecule has 29 heavy (non-hydrogen) atoms. The first-order valence-corrected chi connectivity index (χ1v) is 9.62. The van der Waals surface area contributed by atoms with Crippen LogP contribution in [-0.2, 0) is 17.8 Å². The lowest BCUT2D eigenvalue weighted by Crippen LogP contribution is -2.43. The maximum atomic E-state index is 11.9. The van der Waals surface area contributed by atoms with E-state index in [4.69, 9.17) is 9.47 Å². The van der Waals surface area contributed by atoms with Gasteiger partial charge in [-0.1, -0.05) is 12.2 Å². The second kappa shape index (κ2) is 11.9. The number of nitrogens with zero attached hydrogens (tertiary/aromatic N) is 2. The number of halogens is 1. The number of hydrogen-bond donors (Lipinski definition) is 2. The summed E-state index contributed by atoms with van der Waals surface area (Å²) in [5.74, 6) is 2.25. The highest BCUT2D eigenvalue weighted by molar-refractivity contribution is 14.0. The summed E-state index contributed by atoms with van der Waals surface area (Å²) in [6.07, 6.45) is 1.06. The average Bonchev–Trinajstić information content (AvgIpc) is 2.99. The van der Waals surface area contributed by atoms with Crippen molar-refractivity contribution in [1.29, 1.82) is 0 Å². The van der Waals surface area contributed by atoms with Gasteiger partial charge in [-0.3, -0.25) is 4.79 Å². The summed E-state index contributed by atoms with van der Waals surface area (Å²) < 4.78 is 11.7. The van der Waals surface area contributed by atoms with E-state index in [1.165, 1.54) is 10.5 Å². The highest BCUT2D eigenvalue weighted by Crippen LogP contribution is 2.35. The zero-order valence-corrected chi connectivity index (χ0v) is 20.3. The molecule has 162 valence electrons. The molecule has 0 aromatic heterocycles. The molecular weight excluding hydrogens is 483 g/mol. The van der Waals surface area contributed by atoms with Crippen LogP contribution in [0.3, 0.4) is 0 Å². The van der Waals surface area contributed by atoms with Gasteiger partial charge in [0.2, 0.25) is 5.91 Å². The quantitative estimate of drug-likeness (QED) is 0.241. The van der Waals surface area contributed by atoms with Gasteiger partial charge in [0.25, 0.3) is 0 Å². The molecule has 7 nitrogen and oxygen atoms in total. The Morgan fingerprint density at radius 3 is 2.66 bits per heavy atom. The van der Waals surface area contributed by atoms with Gasteiger partial charge in [0, 0.05) is 38.2 Å². The van der Waals surface area contributed by atoms with Crippen molar-refractivity contribution in [2.24, 2.45) is 4.99 Å². The molecule has 1 aromatic carbocycles. The third-order valence-electron chi connectivity index (χ3n) is 4.25. The Labute approximate surface area is 190 Å². The molecule has 0 aliphatic carbocycles. The van der Waals surface area contributed by atoms with Crippen LogP contribution >= 0.6 is 24.0 Å². The zero-order valence-electron chi connectivity index (χ0n) is 18.0. The summed E-state index contributed by atoms with van der Waals surface area (Å²) in [5.41, 5.74) is 3.09. The Morgan fingerprint density at radius 1 is 1.34 bits per heavy atom. The maximum absolute atomic E-state index is 11.9. The molecule has 1 heterocycles. The van der Waals surface area contributed by atoms with Gasteiger partial charge in [-0.2, -0.15) is 0 Å². The van der Waals surface area contributed by atoms with Crippen molar-refractivity contribution in [3.8, 4) is 11.5 Å². The number of carbonyl (C=O) groups is 1. The molecule has 1 atom stereocenters. The smallest absolute Gasteiger partial charge is 0.241 e. The number of benzene rings is 1. The fraction of sp³-hybridized carbons (Fsp3) is 0.524. The SMILES string of the molecule is C=C(C)CNC(=NCc1cc2c(cc1OCC)CC(C)O2)NCC(=O)N(C)C.I. The van der Waals surface area contributed by atoms with E-state index in [1.807, 2.05) is 19.9 Å². The maximum Gasteiger partial charge on any atom is 0.241 e. The van der Waals surface area contributed by atoms with Crippen molar-refractivity contribution in [2.75, 3.05) is 33.8 Å². The average molecular weight is 516 g/mol. The van der Waals surface area contributed by atoms with Crippen molar-refractivity contribution in [1.82, 2.24) is 15.5 Å². The van der Waals surface area contributed by atoms with E-state index in [1.54, 1.807) is 14.1 Å². The molecule has 1 aliphatic heterocycles. The number of likely N-dealkylation sites (N-methyl/N-ethyl adjacent to an activating group) is 1. The van der Waals surface area contributed by atoms with E-state index in [2.05, 4.69) is 35.2 Å². The summed E-state index contributed by atoms with van der Waals surface area (Å²) in [5, 5.41) is 6.26. The first-order chi connectivity index (χ1) is 13.3. The number of hydrogen-bond acceptors (Lipinski definition) is 4. The van der Waals surface area contributed by atoms with Gasteiger partial charge in [-0.15, -0.1) is 24.0 Å². The zero-order chi connectivity index (χ0) is 20.7. The number of carbonyl (C=O) groups excluding carboxylic acids is 1. The third kappa shape index (κ3) is 7.75. The second-order valence-electron chi connectivity index (χ2n) is 7.25. The van der Waals surface area contributed by atoms with Crippen molar-refractivity contribution < 1.29 is 14.3 Å². The van der Waals surface area contributed by atoms with Crippen molar-refractivity contribution in [3.05, 3.63) is 35.4 Å². The molecule has 1 amide bonds. The molecule has 2 rings (SSSR count). The minimum absolute atomic E-state index is 0. The summed E-state index contributed by atoms with van der Waals surface area (Å²) in [7, 11) is 3.45. The predicted molar refractivity (Wildman–Crippen MR) is 127 cm³/mol. The van der Waals surface area contributed by atoms with Crippen LogP contribution in [0, 0.1) is 0 Å². The fourth-order valence-corrected chi connectivity index (χ4v) is 2.79. The van der Waals surface area contributed by atoms with Crippen molar-refractivity contribution in [3.63, 3.8) is 0 Å². The predicted octanol–water partition coefficient (Wildman–Crippen LogP) is 2.73. The number of ether oxygens (including phenoxy) is 2. The van der Waals surface area contributed by atoms with Gasteiger partial charge in [0.05, 0.1) is 19.7 Å². The molecule has 1 unspecified atom stereocenters. The first-order valence-electron chi connectivity index (χ1n) is 9.62. The standard InChI is InChI=1S/C21H32N4O3.HI/c1-7-27-18-9-16-8-15(4)28-19(16)10-17(18)12-23-21(22-11-14(2)3)24-13-20(26)25(5)6;/h9-10,15H,2,7-8,11-13H2,1,3-6H3,(H2,22,23,24);1H. The van der Waals surface area contributed by atoms with E-state index in [-0.39, 0.29) is 42.5 Å². The number of guanidine groups is 1. The van der Waals surface area contributed by atoms with Crippen LogP contribution in [0.2, 0.25) is 0 Å². The Bertz CT molecular complexity index is 750. The van der Waals surface area contributed by atoms with Crippen molar-refractivity contribution in [2.45, 2.75) is 39.8 Å². The molecule has 8 heteroatoms. The molecular formula is C21H33IN4O3. The molecule has 0 spiro atoms. The van der Waals surface area contributed by atoms with Gasteiger partial charge >= 0.3 is 0 Å². The number of amides is 1. The van der Waals surface area contributed by atoms with Crippen LogP contribution in [0.4, 0.5) is 0 Å². The molecule has 0 bridgehead atoms. The van der Waals surface area contributed by atoms with E-state index >= 15 is 0 Å². The second-order valence-corrected chi connectivity index (χ2v) is 7.25. The molecule has 0 fully saturated rings. The van der Waals surface area contributed by atoms with Crippen LogP contribution in [0.5, 0.6) is 11.5 Å². The summed E-state index contributed by atoms with van der Waals surface area (Å²) in [6, 6.07) is 4.06. The Kier molecular flexibility index (Phi) is 10.3. The summed E-state index contributed by atoms with van der Waals surface area (Å²) >= 11 is 0. The van der Waals surface area contributed by atoms with Crippen LogP contribution in [0.25, 0.3) is 0 Å². The number of aliphatic imine (C=N–C) groups is 1. The highest BCUT2D eigenvalue weighted by atomic mass is 127. The normalized spacial score (nSPS) is 14.9. The minimum atomic E-state index is -0.0280. The lowest BCUT2D eigenvalue weighted by molar-refractivity contribution is -0.127. The van der Waals surface area contributed by atoms with Crippen LogP contribution < -0.4 is 20.1 Å². The third-order valence-corrected chi connectivity index (χ3v) is 4.25. The Morgan fingerprint density at radius 2 is 2.03 bits per heavy atom. The van der Waals surface area contributed by atoms with E-state index < -0.39 is 0 Å². The summed E-state index contributed by atoms with van der Waals surface area (Å²) in [6.45, 7) is 11.6. The summed E-state index contributed by atoms with van der Waals surface area (Å²) in [4.78, 5) is 18.1. The van der Waals surface area contributed by atoms with Gasteiger partial charge in [-0.05, 0) is 32.9 Å². The molecule has 1 aliphatic rings. The van der Waals surface area contributed by atoms with E-state index in [9.17, 15) is 4.79 Å². The van der Waals surface area contributed by atoms with Crippen LogP contribution in [-0.4, -0.2) is 56.7 Å². The Balaban J connectivity index is 0.00000420. The molecule has 0 saturated carbocycles. The topological polar surface area (TPSA) is 75.2 Å². The molecule has 0 radical (unpaired) electrons. The van der Waals surface area contributed by atoms with Gasteiger partial charge in [-0.25, -0.2) is 4.99 Å². The lowest BCUT2D eigenvalue weighted by atomic mass is 10.1. The largest absolute Gasteiger partial charge is 0.494 e. The van der Waals surface area contributed by atoms with E-state index in [0.29, 0.717) is 25.7 Å². The first kappa shape index (κ1) is 25.1. The van der Waals surface area contributed by atoms with Crippen LogP contribution in [0.1, 0.15) is 31.9 Å². The van der Waals surface area contributed by atoms with Crippen LogP contribution in [0.15, 0.2) is 29.3 Å². The monoisotopic (exact) mass is 516 g/mol. The number of nitrogens with one attached hydrogen (secondary N) is 2. The molecule has 1 aromatic rings. The molecule has 2 N–H and O–H groups in total. The van der Waals surface area contributed by atoms with Crippen molar-refractivity contribution >= 4 is 35.8 Å². The Hall–Kier alpha value is -1.97. The van der Waals surface area contributed by atoms with E-state index in [0.717, 1.165) is 29.1 Å². The number of rotatable bonds is 8. The van der Waals surface area contributed by atoms with Gasteiger partial charge in [0.1, 0.15) is 17.6 Å².